The molecule has 1 heterocycles. The fourth-order valence-electron chi connectivity index (χ4n) is 3.44. The molecule has 2 unspecified atom stereocenters. The molecule has 5 nitrogen and oxygen atoms in total. The summed E-state index contributed by atoms with van der Waals surface area (Å²) in [5.41, 5.74) is 0.276. The lowest BCUT2D eigenvalue weighted by Crippen LogP contribution is -2.25. The van der Waals surface area contributed by atoms with Gasteiger partial charge in [-0.1, -0.05) is 29.3 Å². The average Bonchev–Trinajstić information content (AvgIpc) is 2.70. The highest BCUT2D eigenvalue weighted by molar-refractivity contribution is 6.42. The topological polar surface area (TPSA) is 79.5 Å². The van der Waals surface area contributed by atoms with Crippen molar-refractivity contribution in [3.8, 4) is 6.07 Å². The van der Waals surface area contributed by atoms with Crippen molar-refractivity contribution in [1.82, 2.24) is 0 Å². The quantitative estimate of drug-likeness (QED) is 0.463. The van der Waals surface area contributed by atoms with E-state index in [1.54, 1.807) is 12.1 Å². The van der Waals surface area contributed by atoms with Gasteiger partial charge < -0.3 is 14.6 Å². The van der Waals surface area contributed by atoms with Gasteiger partial charge in [0.15, 0.2) is 6.29 Å². The predicted octanol–water partition coefficient (Wildman–Crippen LogP) is 5.62. The molecule has 2 rings (SSSR count). The van der Waals surface area contributed by atoms with E-state index in [2.05, 4.69) is 6.07 Å². The van der Waals surface area contributed by atoms with Gasteiger partial charge >= 0.3 is 5.97 Å². The second kappa shape index (κ2) is 11.6. The lowest BCUT2D eigenvalue weighted by Gasteiger charge is -2.27. The van der Waals surface area contributed by atoms with Gasteiger partial charge in [-0.3, -0.25) is 4.79 Å². The molecule has 0 bridgehead atoms. The van der Waals surface area contributed by atoms with Crippen LogP contribution in [0.25, 0.3) is 0 Å². The van der Waals surface area contributed by atoms with Crippen LogP contribution in [0.3, 0.4) is 0 Å². The summed E-state index contributed by atoms with van der Waals surface area (Å²) in [6.07, 6.45) is 5.70. The molecule has 1 aromatic rings. The molecule has 1 aliphatic rings. The normalized spacial score (nSPS) is 19.0. The summed E-state index contributed by atoms with van der Waals surface area (Å²) < 4.78 is 11.3. The van der Waals surface area contributed by atoms with E-state index >= 15 is 0 Å². The molecule has 1 aromatic carbocycles. The van der Waals surface area contributed by atoms with Gasteiger partial charge in [0.05, 0.1) is 21.5 Å². The van der Waals surface area contributed by atoms with Crippen molar-refractivity contribution in [1.29, 1.82) is 5.26 Å². The Hall–Kier alpha value is -1.32. The van der Waals surface area contributed by atoms with Gasteiger partial charge in [0, 0.05) is 19.6 Å². The van der Waals surface area contributed by atoms with E-state index < -0.39 is 11.4 Å². The number of carboxylic acids is 1. The molecule has 0 radical (unpaired) electrons. The molecule has 0 saturated carbocycles. The first-order valence-electron chi connectivity index (χ1n) is 9.74. The van der Waals surface area contributed by atoms with Gasteiger partial charge in [-0.2, -0.15) is 5.26 Å². The summed E-state index contributed by atoms with van der Waals surface area (Å²) in [5.74, 6) is -0.888. The zero-order valence-corrected chi connectivity index (χ0v) is 17.5. The number of hydrogen-bond acceptors (Lipinski definition) is 4. The molecule has 154 valence electrons. The number of benzene rings is 1. The molecule has 1 saturated heterocycles. The van der Waals surface area contributed by atoms with Crippen LogP contribution in [0.5, 0.6) is 0 Å². The van der Waals surface area contributed by atoms with E-state index in [9.17, 15) is 10.1 Å². The van der Waals surface area contributed by atoms with Crippen LogP contribution in [0.2, 0.25) is 10.0 Å². The Morgan fingerprint density at radius 2 is 2.11 bits per heavy atom. The number of halogens is 2. The summed E-state index contributed by atoms with van der Waals surface area (Å²) >= 11 is 12.0. The number of carbonyl (C=O) groups is 1. The van der Waals surface area contributed by atoms with E-state index in [1.165, 1.54) is 0 Å². The van der Waals surface area contributed by atoms with Crippen LogP contribution in [-0.4, -0.2) is 30.6 Å². The number of rotatable bonds is 11. The number of aryl methyl sites for hydroxylation is 1. The number of carboxylic acid groups (broad SMARTS) is 1. The molecule has 7 heteroatoms. The number of ether oxygens (including phenoxy) is 2. The first-order valence-corrected chi connectivity index (χ1v) is 10.5. The maximum atomic E-state index is 11.1. The highest BCUT2D eigenvalue weighted by Crippen LogP contribution is 2.35. The van der Waals surface area contributed by atoms with Crippen LogP contribution in [0.1, 0.15) is 56.9 Å². The molecule has 2 atom stereocenters. The highest BCUT2D eigenvalue weighted by Gasteiger charge is 2.30. The Morgan fingerprint density at radius 3 is 2.75 bits per heavy atom. The maximum Gasteiger partial charge on any atom is 0.303 e. The van der Waals surface area contributed by atoms with Crippen LogP contribution in [0.15, 0.2) is 18.2 Å². The predicted molar refractivity (Wildman–Crippen MR) is 108 cm³/mol. The molecule has 0 aliphatic carbocycles. The minimum absolute atomic E-state index is 0.0263. The Labute approximate surface area is 176 Å². The lowest BCUT2D eigenvalue weighted by molar-refractivity contribution is -0.163. The van der Waals surface area contributed by atoms with E-state index in [-0.39, 0.29) is 12.7 Å². The SMILES string of the molecule is N#CC(CCCOC1CCCCO1)(CCC(=O)O)CCc1ccc(Cl)c(Cl)c1. The number of aliphatic carboxylic acids is 1. The zero-order valence-electron chi connectivity index (χ0n) is 16.0. The van der Waals surface area contributed by atoms with Crippen LogP contribution in [0.4, 0.5) is 0 Å². The third-order valence-electron chi connectivity index (χ3n) is 5.17. The van der Waals surface area contributed by atoms with Gasteiger partial charge in [-0.15, -0.1) is 0 Å². The Balaban J connectivity index is 1.92. The molecule has 0 amide bonds. The van der Waals surface area contributed by atoms with E-state index in [1.807, 2.05) is 6.07 Å². The first kappa shape index (κ1) is 23.0. The van der Waals surface area contributed by atoms with Crippen molar-refractivity contribution in [2.24, 2.45) is 5.41 Å². The number of nitrogens with zero attached hydrogens (tertiary/aromatic N) is 1. The molecule has 1 aliphatic heterocycles. The van der Waals surface area contributed by atoms with Gasteiger partial charge in [-0.25, -0.2) is 0 Å². The first-order chi connectivity index (χ1) is 13.4. The van der Waals surface area contributed by atoms with Crippen molar-refractivity contribution in [2.45, 2.75) is 64.1 Å². The highest BCUT2D eigenvalue weighted by atomic mass is 35.5. The molecule has 0 aromatic heterocycles. The Morgan fingerprint density at radius 1 is 1.29 bits per heavy atom. The van der Waals surface area contributed by atoms with E-state index in [0.29, 0.717) is 48.8 Å². The fourth-order valence-corrected chi connectivity index (χ4v) is 3.76. The molecule has 28 heavy (non-hydrogen) atoms. The third kappa shape index (κ3) is 7.60. The van der Waals surface area contributed by atoms with Gasteiger partial charge in [0.1, 0.15) is 0 Å². The van der Waals surface area contributed by atoms with Gasteiger partial charge in [-0.05, 0) is 69.1 Å². The molecule has 1 N–H and O–H groups in total. The smallest absolute Gasteiger partial charge is 0.303 e. The molecule has 1 fully saturated rings. The van der Waals surface area contributed by atoms with Crippen LogP contribution in [0, 0.1) is 16.7 Å². The van der Waals surface area contributed by atoms with Crippen LogP contribution in [-0.2, 0) is 20.7 Å². The van der Waals surface area contributed by atoms with Crippen molar-refractivity contribution >= 4 is 29.2 Å². The van der Waals surface area contributed by atoms with Crippen LogP contribution < -0.4 is 0 Å². The zero-order chi connectivity index (χ0) is 20.4. The third-order valence-corrected chi connectivity index (χ3v) is 5.91. The monoisotopic (exact) mass is 427 g/mol. The average molecular weight is 428 g/mol. The summed E-state index contributed by atoms with van der Waals surface area (Å²) in [4.78, 5) is 11.1. The maximum absolute atomic E-state index is 11.1. The molecule has 0 spiro atoms. The molecular weight excluding hydrogens is 401 g/mol. The number of hydrogen-bond donors (Lipinski definition) is 1. The minimum Gasteiger partial charge on any atom is -0.481 e. The largest absolute Gasteiger partial charge is 0.481 e. The summed E-state index contributed by atoms with van der Waals surface area (Å²) in [6, 6.07) is 7.82. The standard InChI is InChI=1S/C21H27Cl2NO4/c22-17-6-5-16(14-18(17)23)7-10-21(15-24,11-8-19(25)26)9-3-13-28-20-4-1-2-12-27-20/h5-6,14,20H,1-4,7-13H2,(H,25,26). The second-order valence-corrected chi connectivity index (χ2v) is 8.12. The van der Waals surface area contributed by atoms with Crippen molar-refractivity contribution in [3.05, 3.63) is 33.8 Å². The summed E-state index contributed by atoms with van der Waals surface area (Å²) in [7, 11) is 0. The fraction of sp³-hybridized carbons (Fsp3) is 0.619. The lowest BCUT2D eigenvalue weighted by atomic mass is 9.76. The Kier molecular flexibility index (Phi) is 9.53. The van der Waals surface area contributed by atoms with Crippen molar-refractivity contribution < 1.29 is 19.4 Å². The van der Waals surface area contributed by atoms with Crippen LogP contribution >= 0.6 is 23.2 Å². The number of nitriles is 1. The summed E-state index contributed by atoms with van der Waals surface area (Å²) in [5, 5.41) is 19.9. The second-order valence-electron chi connectivity index (χ2n) is 7.30. The Bertz CT molecular complexity index is 685. The molecular formula is C21H27Cl2NO4. The summed E-state index contributed by atoms with van der Waals surface area (Å²) in [6.45, 7) is 1.24. The van der Waals surface area contributed by atoms with Crippen molar-refractivity contribution in [3.63, 3.8) is 0 Å². The van der Waals surface area contributed by atoms with E-state index in [4.69, 9.17) is 37.8 Å². The van der Waals surface area contributed by atoms with Crippen molar-refractivity contribution in [2.75, 3.05) is 13.2 Å². The van der Waals surface area contributed by atoms with E-state index in [0.717, 1.165) is 31.4 Å². The minimum atomic E-state index is -0.888. The van der Waals surface area contributed by atoms with Gasteiger partial charge in [0.2, 0.25) is 0 Å². The van der Waals surface area contributed by atoms with Gasteiger partial charge in [0.25, 0.3) is 0 Å².